The molecule has 0 saturated heterocycles. The first-order chi connectivity index (χ1) is 16.4. The molecule has 0 aliphatic rings. The van der Waals surface area contributed by atoms with E-state index in [1.165, 1.54) is 6.21 Å². The maximum atomic E-state index is 12.8. The summed E-state index contributed by atoms with van der Waals surface area (Å²) in [7, 11) is 3.90. The van der Waals surface area contributed by atoms with Crippen molar-refractivity contribution in [2.24, 2.45) is 5.10 Å². The van der Waals surface area contributed by atoms with Crippen molar-refractivity contribution in [1.29, 1.82) is 0 Å². The molecule has 0 spiro atoms. The predicted molar refractivity (Wildman–Crippen MR) is 142 cm³/mol. The Morgan fingerprint density at radius 2 is 1.53 bits per heavy atom. The standard InChI is InChI=1S/C27H25BrN4O2/c1-32(2)24-16-12-21(13-17-24)19-25(30-26(33)22-8-4-3-5-9-22)27(34)31-29-18-6-7-20-10-14-23(28)15-11-20/h3-19H,1-2H3,(H,30,33)(H,31,34). The van der Waals surface area contributed by atoms with Gasteiger partial charge in [0, 0.05) is 36.0 Å². The fraction of sp³-hybridized carbons (Fsp3) is 0.0741. The van der Waals surface area contributed by atoms with Gasteiger partial charge in [-0.25, -0.2) is 5.43 Å². The normalized spacial score (nSPS) is 11.6. The van der Waals surface area contributed by atoms with Crippen LogP contribution < -0.4 is 15.6 Å². The topological polar surface area (TPSA) is 73.8 Å². The third-order valence-electron chi connectivity index (χ3n) is 4.73. The number of carbonyl (C=O) groups excluding carboxylic acids is 2. The van der Waals surface area contributed by atoms with E-state index in [1.807, 2.05) is 79.7 Å². The molecule has 2 amide bonds. The van der Waals surface area contributed by atoms with E-state index < -0.39 is 5.91 Å². The van der Waals surface area contributed by atoms with E-state index in [0.717, 1.165) is 21.3 Å². The summed E-state index contributed by atoms with van der Waals surface area (Å²) < 4.78 is 0.999. The molecule has 0 fully saturated rings. The Balaban J connectivity index is 1.74. The van der Waals surface area contributed by atoms with Crippen LogP contribution in [0.5, 0.6) is 0 Å². The molecule has 34 heavy (non-hydrogen) atoms. The maximum absolute atomic E-state index is 12.8. The number of nitrogens with one attached hydrogen (secondary N) is 2. The first-order valence-electron chi connectivity index (χ1n) is 10.5. The second kappa shape index (κ2) is 12.3. The van der Waals surface area contributed by atoms with E-state index in [1.54, 1.807) is 36.4 Å². The third-order valence-corrected chi connectivity index (χ3v) is 5.26. The van der Waals surface area contributed by atoms with E-state index >= 15 is 0 Å². The lowest BCUT2D eigenvalue weighted by atomic mass is 10.1. The zero-order chi connectivity index (χ0) is 24.3. The van der Waals surface area contributed by atoms with Crippen LogP contribution in [0, 0.1) is 0 Å². The molecule has 0 radical (unpaired) electrons. The summed E-state index contributed by atoms with van der Waals surface area (Å²) in [5, 5.41) is 6.66. The van der Waals surface area contributed by atoms with Gasteiger partial charge in [0.25, 0.3) is 11.8 Å². The number of allylic oxidation sites excluding steroid dienone is 1. The Labute approximate surface area is 207 Å². The number of benzene rings is 3. The van der Waals surface area contributed by atoms with Crippen molar-refractivity contribution in [3.05, 3.63) is 112 Å². The van der Waals surface area contributed by atoms with Crippen LogP contribution in [0.4, 0.5) is 5.69 Å². The molecule has 172 valence electrons. The molecule has 6 nitrogen and oxygen atoms in total. The summed E-state index contributed by atoms with van der Waals surface area (Å²) in [6, 6.07) is 24.1. The van der Waals surface area contributed by atoms with Crippen LogP contribution in [0.1, 0.15) is 21.5 Å². The maximum Gasteiger partial charge on any atom is 0.287 e. The van der Waals surface area contributed by atoms with Crippen molar-refractivity contribution in [3.8, 4) is 0 Å². The quantitative estimate of drug-likeness (QED) is 0.248. The molecule has 7 heteroatoms. The molecular formula is C27H25BrN4O2. The molecule has 2 N–H and O–H groups in total. The number of hydrazone groups is 1. The van der Waals surface area contributed by atoms with Gasteiger partial charge in [0.2, 0.25) is 0 Å². The molecular weight excluding hydrogens is 492 g/mol. The highest BCUT2D eigenvalue weighted by Gasteiger charge is 2.14. The molecule has 3 rings (SSSR count). The number of nitrogens with zero attached hydrogens (tertiary/aromatic N) is 2. The number of carbonyl (C=O) groups is 2. The van der Waals surface area contributed by atoms with Crippen LogP contribution in [-0.2, 0) is 4.79 Å². The lowest BCUT2D eigenvalue weighted by molar-refractivity contribution is -0.117. The number of anilines is 1. The minimum atomic E-state index is -0.533. The van der Waals surface area contributed by atoms with E-state index in [0.29, 0.717) is 5.56 Å². The molecule has 0 unspecified atom stereocenters. The number of hydrogen-bond acceptors (Lipinski definition) is 4. The van der Waals surface area contributed by atoms with Crippen LogP contribution in [0.2, 0.25) is 0 Å². The number of amides is 2. The predicted octanol–water partition coefficient (Wildman–Crippen LogP) is 5.10. The van der Waals surface area contributed by atoms with Crippen molar-refractivity contribution in [1.82, 2.24) is 10.7 Å². The minimum Gasteiger partial charge on any atom is -0.378 e. The van der Waals surface area contributed by atoms with Gasteiger partial charge in [-0.1, -0.05) is 64.5 Å². The molecule has 0 atom stereocenters. The monoisotopic (exact) mass is 516 g/mol. The van der Waals surface area contributed by atoms with Gasteiger partial charge in [-0.2, -0.15) is 5.10 Å². The number of rotatable bonds is 8. The molecule has 0 aromatic heterocycles. The van der Waals surface area contributed by atoms with Gasteiger partial charge in [-0.05, 0) is 59.7 Å². The van der Waals surface area contributed by atoms with Crippen molar-refractivity contribution in [2.75, 3.05) is 19.0 Å². The van der Waals surface area contributed by atoms with Crippen LogP contribution in [0.25, 0.3) is 12.2 Å². The van der Waals surface area contributed by atoms with Crippen molar-refractivity contribution >= 4 is 51.8 Å². The third kappa shape index (κ3) is 7.56. The van der Waals surface area contributed by atoms with Gasteiger partial charge < -0.3 is 10.2 Å². The molecule has 3 aromatic rings. The second-order valence-corrected chi connectivity index (χ2v) is 8.41. The molecule has 0 bridgehead atoms. The minimum absolute atomic E-state index is 0.0838. The molecule has 0 saturated carbocycles. The SMILES string of the molecule is CN(C)c1ccc(C=C(NC(=O)c2ccccc2)C(=O)NN=CC=Cc2ccc(Br)cc2)cc1. The molecule has 0 aliphatic heterocycles. The van der Waals surface area contributed by atoms with Crippen molar-refractivity contribution < 1.29 is 9.59 Å². The Bertz CT molecular complexity index is 1200. The van der Waals surface area contributed by atoms with Crippen molar-refractivity contribution in [3.63, 3.8) is 0 Å². The lowest BCUT2D eigenvalue weighted by Crippen LogP contribution is -2.32. The zero-order valence-electron chi connectivity index (χ0n) is 18.9. The zero-order valence-corrected chi connectivity index (χ0v) is 20.5. The van der Waals surface area contributed by atoms with E-state index in [9.17, 15) is 9.59 Å². The summed E-state index contributed by atoms with van der Waals surface area (Å²) in [5.41, 5.74) is 5.79. The highest BCUT2D eigenvalue weighted by atomic mass is 79.9. The van der Waals surface area contributed by atoms with E-state index in [2.05, 4.69) is 31.8 Å². The second-order valence-electron chi connectivity index (χ2n) is 7.49. The van der Waals surface area contributed by atoms with Crippen LogP contribution in [0.15, 0.2) is 100 Å². The fourth-order valence-corrected chi connectivity index (χ4v) is 3.17. The molecule has 0 aliphatic carbocycles. The summed E-state index contributed by atoms with van der Waals surface area (Å²) in [5.74, 6) is -0.916. The number of hydrogen-bond donors (Lipinski definition) is 2. The highest BCUT2D eigenvalue weighted by molar-refractivity contribution is 9.10. The Morgan fingerprint density at radius 1 is 0.882 bits per heavy atom. The fourth-order valence-electron chi connectivity index (χ4n) is 2.90. The van der Waals surface area contributed by atoms with Crippen LogP contribution >= 0.6 is 15.9 Å². The Kier molecular flexibility index (Phi) is 8.94. The first-order valence-corrected chi connectivity index (χ1v) is 11.3. The van der Waals surface area contributed by atoms with Crippen molar-refractivity contribution in [2.45, 2.75) is 0 Å². The van der Waals surface area contributed by atoms with Gasteiger partial charge >= 0.3 is 0 Å². The van der Waals surface area contributed by atoms with Gasteiger partial charge in [0.1, 0.15) is 5.70 Å². The summed E-state index contributed by atoms with van der Waals surface area (Å²) in [6.07, 6.45) is 6.67. The van der Waals surface area contributed by atoms with Gasteiger partial charge in [-0.15, -0.1) is 0 Å². The smallest absolute Gasteiger partial charge is 0.287 e. The van der Waals surface area contributed by atoms with E-state index in [-0.39, 0.29) is 11.6 Å². The van der Waals surface area contributed by atoms with Crippen LogP contribution in [0.3, 0.4) is 0 Å². The lowest BCUT2D eigenvalue weighted by Gasteiger charge is -2.12. The first kappa shape index (κ1) is 24.7. The highest BCUT2D eigenvalue weighted by Crippen LogP contribution is 2.15. The Morgan fingerprint density at radius 3 is 2.18 bits per heavy atom. The van der Waals surface area contributed by atoms with Gasteiger partial charge in [0.05, 0.1) is 0 Å². The van der Waals surface area contributed by atoms with E-state index in [4.69, 9.17) is 0 Å². The molecule has 0 heterocycles. The summed E-state index contributed by atoms with van der Waals surface area (Å²) in [4.78, 5) is 27.5. The molecule has 3 aromatic carbocycles. The number of halogens is 1. The van der Waals surface area contributed by atoms with Gasteiger partial charge in [-0.3, -0.25) is 9.59 Å². The average molecular weight is 517 g/mol. The summed E-state index contributed by atoms with van der Waals surface area (Å²) >= 11 is 3.40. The largest absolute Gasteiger partial charge is 0.378 e. The summed E-state index contributed by atoms with van der Waals surface area (Å²) in [6.45, 7) is 0. The van der Waals surface area contributed by atoms with Crippen LogP contribution in [-0.4, -0.2) is 32.1 Å². The average Bonchev–Trinajstić information content (AvgIpc) is 2.85. The van der Waals surface area contributed by atoms with Gasteiger partial charge in [0.15, 0.2) is 0 Å². The Hall–Kier alpha value is -3.97.